The third kappa shape index (κ3) is 2.18. The van der Waals surface area contributed by atoms with Gasteiger partial charge < -0.3 is 11.1 Å². The van der Waals surface area contributed by atoms with Crippen molar-refractivity contribution in [2.24, 2.45) is 5.73 Å². The number of aryl methyl sites for hydroxylation is 1. The fourth-order valence-corrected chi connectivity index (χ4v) is 1.43. The lowest BCUT2D eigenvalue weighted by molar-refractivity contribution is -0.118. The second-order valence-corrected chi connectivity index (χ2v) is 4.78. The van der Waals surface area contributed by atoms with E-state index in [4.69, 9.17) is 5.73 Å². The Kier molecular flexibility index (Phi) is 2.52. The van der Waals surface area contributed by atoms with Gasteiger partial charge in [-0.25, -0.2) is 4.98 Å². The Morgan fingerprint density at radius 1 is 1.67 bits per heavy atom. The van der Waals surface area contributed by atoms with Crippen LogP contribution in [0.3, 0.4) is 0 Å². The highest BCUT2D eigenvalue weighted by Gasteiger charge is 2.46. The lowest BCUT2D eigenvalue weighted by atomic mass is 10.2. The summed E-state index contributed by atoms with van der Waals surface area (Å²) < 4.78 is 0.925. The van der Waals surface area contributed by atoms with Crippen molar-refractivity contribution in [2.75, 3.05) is 5.32 Å². The van der Waals surface area contributed by atoms with Crippen molar-refractivity contribution in [3.8, 4) is 0 Å². The van der Waals surface area contributed by atoms with Crippen LogP contribution >= 0.6 is 15.9 Å². The van der Waals surface area contributed by atoms with Gasteiger partial charge in [-0.3, -0.25) is 4.79 Å². The molecule has 1 saturated carbocycles. The summed E-state index contributed by atoms with van der Waals surface area (Å²) in [6, 6.07) is 1.81. The van der Waals surface area contributed by atoms with E-state index in [2.05, 4.69) is 26.2 Å². The fourth-order valence-electron chi connectivity index (χ4n) is 1.21. The number of rotatable bonds is 2. The van der Waals surface area contributed by atoms with Crippen LogP contribution in [-0.4, -0.2) is 16.4 Å². The van der Waals surface area contributed by atoms with Crippen LogP contribution in [0.2, 0.25) is 0 Å². The predicted octanol–water partition coefficient (Wildman–Crippen LogP) is 1.58. The molecule has 2 rings (SSSR count). The Morgan fingerprint density at radius 3 is 2.87 bits per heavy atom. The SMILES string of the molecule is Cc1cc(NC(=O)C2(N)CC2)ncc1Br. The minimum atomic E-state index is -0.650. The lowest BCUT2D eigenvalue weighted by Crippen LogP contribution is -2.38. The van der Waals surface area contributed by atoms with Gasteiger partial charge in [0.25, 0.3) is 0 Å². The fraction of sp³-hybridized carbons (Fsp3) is 0.400. The number of carbonyl (C=O) groups excluding carboxylic acids is 1. The zero-order chi connectivity index (χ0) is 11.1. The van der Waals surface area contributed by atoms with E-state index < -0.39 is 5.54 Å². The van der Waals surface area contributed by atoms with Gasteiger partial charge in [-0.2, -0.15) is 0 Å². The van der Waals surface area contributed by atoms with E-state index >= 15 is 0 Å². The molecule has 1 fully saturated rings. The van der Waals surface area contributed by atoms with Crippen molar-refractivity contribution in [1.82, 2.24) is 4.98 Å². The van der Waals surface area contributed by atoms with E-state index in [1.54, 1.807) is 6.20 Å². The van der Waals surface area contributed by atoms with Crippen LogP contribution in [0.5, 0.6) is 0 Å². The van der Waals surface area contributed by atoms with Crippen LogP contribution in [-0.2, 0) is 4.79 Å². The molecule has 1 aromatic rings. The first kappa shape index (κ1) is 10.6. The maximum absolute atomic E-state index is 11.6. The first-order valence-electron chi connectivity index (χ1n) is 4.74. The van der Waals surface area contributed by atoms with Crippen LogP contribution in [0.4, 0.5) is 5.82 Å². The number of pyridine rings is 1. The third-order valence-corrected chi connectivity index (χ3v) is 3.36. The molecule has 0 bridgehead atoms. The monoisotopic (exact) mass is 269 g/mol. The molecule has 80 valence electrons. The van der Waals surface area contributed by atoms with Crippen LogP contribution < -0.4 is 11.1 Å². The van der Waals surface area contributed by atoms with Crippen molar-refractivity contribution in [2.45, 2.75) is 25.3 Å². The van der Waals surface area contributed by atoms with Crippen LogP contribution in [0, 0.1) is 6.92 Å². The molecule has 0 atom stereocenters. The summed E-state index contributed by atoms with van der Waals surface area (Å²) in [5.74, 6) is 0.411. The van der Waals surface area contributed by atoms with Gasteiger partial charge in [-0.05, 0) is 47.3 Å². The average molecular weight is 270 g/mol. The summed E-state index contributed by atoms with van der Waals surface area (Å²) in [4.78, 5) is 15.7. The molecule has 1 aliphatic carbocycles. The summed E-state index contributed by atoms with van der Waals surface area (Å²) in [5.41, 5.74) is 6.14. The average Bonchev–Trinajstić information content (AvgIpc) is 2.92. The molecular weight excluding hydrogens is 258 g/mol. The smallest absolute Gasteiger partial charge is 0.245 e. The molecule has 1 heterocycles. The van der Waals surface area contributed by atoms with E-state index in [0.29, 0.717) is 5.82 Å². The Balaban J connectivity index is 2.11. The Bertz CT molecular complexity index is 415. The molecule has 1 aliphatic rings. The first-order valence-corrected chi connectivity index (χ1v) is 5.53. The summed E-state index contributed by atoms with van der Waals surface area (Å²) in [6.07, 6.45) is 3.18. The number of aromatic nitrogens is 1. The predicted molar refractivity (Wildman–Crippen MR) is 61.5 cm³/mol. The number of hydrogen-bond acceptors (Lipinski definition) is 3. The highest BCUT2D eigenvalue weighted by Crippen LogP contribution is 2.33. The Labute approximate surface area is 96.4 Å². The Morgan fingerprint density at radius 2 is 2.33 bits per heavy atom. The molecule has 1 aromatic heterocycles. The van der Waals surface area contributed by atoms with Gasteiger partial charge in [0, 0.05) is 10.7 Å². The summed E-state index contributed by atoms with van der Waals surface area (Å²) in [5, 5.41) is 2.72. The molecule has 15 heavy (non-hydrogen) atoms. The van der Waals surface area contributed by atoms with Gasteiger partial charge in [0.15, 0.2) is 0 Å². The third-order valence-electron chi connectivity index (χ3n) is 2.53. The van der Waals surface area contributed by atoms with Gasteiger partial charge in [0.05, 0.1) is 5.54 Å². The summed E-state index contributed by atoms with van der Waals surface area (Å²) >= 11 is 3.35. The molecule has 5 heteroatoms. The molecule has 4 nitrogen and oxygen atoms in total. The van der Waals surface area contributed by atoms with Crippen LogP contribution in [0.25, 0.3) is 0 Å². The van der Waals surface area contributed by atoms with E-state index in [1.807, 2.05) is 13.0 Å². The number of anilines is 1. The van der Waals surface area contributed by atoms with Gasteiger partial charge in [-0.15, -0.1) is 0 Å². The number of amides is 1. The molecule has 0 aliphatic heterocycles. The largest absolute Gasteiger partial charge is 0.317 e. The minimum absolute atomic E-state index is 0.142. The quantitative estimate of drug-likeness (QED) is 0.857. The van der Waals surface area contributed by atoms with Gasteiger partial charge in [-0.1, -0.05) is 0 Å². The zero-order valence-electron chi connectivity index (χ0n) is 8.38. The normalized spacial score (nSPS) is 17.3. The second-order valence-electron chi connectivity index (χ2n) is 3.93. The zero-order valence-corrected chi connectivity index (χ0v) is 9.97. The topological polar surface area (TPSA) is 68.0 Å². The van der Waals surface area contributed by atoms with E-state index in [-0.39, 0.29) is 5.91 Å². The maximum Gasteiger partial charge on any atom is 0.245 e. The number of carbonyl (C=O) groups is 1. The number of nitrogens with two attached hydrogens (primary N) is 1. The summed E-state index contributed by atoms with van der Waals surface area (Å²) in [7, 11) is 0. The molecule has 3 N–H and O–H groups in total. The minimum Gasteiger partial charge on any atom is -0.317 e. The van der Waals surface area contributed by atoms with E-state index in [0.717, 1.165) is 22.9 Å². The van der Waals surface area contributed by atoms with Crippen molar-refractivity contribution in [1.29, 1.82) is 0 Å². The number of hydrogen-bond donors (Lipinski definition) is 2. The first-order chi connectivity index (χ1) is 7.01. The molecule has 0 saturated heterocycles. The number of nitrogens with one attached hydrogen (secondary N) is 1. The maximum atomic E-state index is 11.6. The van der Waals surface area contributed by atoms with E-state index in [1.165, 1.54) is 0 Å². The van der Waals surface area contributed by atoms with Crippen molar-refractivity contribution < 1.29 is 4.79 Å². The number of halogens is 1. The summed E-state index contributed by atoms with van der Waals surface area (Å²) in [6.45, 7) is 1.94. The van der Waals surface area contributed by atoms with Crippen molar-refractivity contribution >= 4 is 27.7 Å². The molecule has 0 aromatic carbocycles. The number of nitrogens with zero attached hydrogens (tertiary/aromatic N) is 1. The molecule has 0 spiro atoms. The van der Waals surface area contributed by atoms with Gasteiger partial charge in [0.2, 0.25) is 5.91 Å². The van der Waals surface area contributed by atoms with Gasteiger partial charge in [0.1, 0.15) is 5.82 Å². The van der Waals surface area contributed by atoms with E-state index in [9.17, 15) is 4.79 Å². The highest BCUT2D eigenvalue weighted by atomic mass is 79.9. The molecule has 0 unspecified atom stereocenters. The van der Waals surface area contributed by atoms with Crippen molar-refractivity contribution in [3.05, 3.63) is 22.3 Å². The van der Waals surface area contributed by atoms with Crippen molar-refractivity contribution in [3.63, 3.8) is 0 Å². The standard InChI is InChI=1S/C10H12BrN3O/c1-6-4-8(13-5-7(6)11)14-9(15)10(12)2-3-10/h4-5H,2-3,12H2,1H3,(H,13,14,15). The van der Waals surface area contributed by atoms with Crippen LogP contribution in [0.15, 0.2) is 16.7 Å². The molecule has 1 amide bonds. The molecular formula is C10H12BrN3O. The van der Waals surface area contributed by atoms with Crippen LogP contribution in [0.1, 0.15) is 18.4 Å². The highest BCUT2D eigenvalue weighted by molar-refractivity contribution is 9.10. The van der Waals surface area contributed by atoms with Gasteiger partial charge >= 0.3 is 0 Å². The lowest BCUT2D eigenvalue weighted by Gasteiger charge is -2.09. The molecule has 0 radical (unpaired) electrons. The second kappa shape index (κ2) is 3.57. The Hall–Kier alpha value is -0.940.